The van der Waals surface area contributed by atoms with Crippen LogP contribution in [0.1, 0.15) is 29.1 Å². The van der Waals surface area contributed by atoms with Crippen LogP contribution >= 0.6 is 11.6 Å². The fourth-order valence-electron chi connectivity index (χ4n) is 3.68. The molecule has 168 valence electrons. The molecule has 2 heterocycles. The molecule has 32 heavy (non-hydrogen) atoms. The summed E-state index contributed by atoms with van der Waals surface area (Å²) < 4.78 is 27.0. The van der Waals surface area contributed by atoms with Crippen LogP contribution in [0, 0.1) is 11.6 Å². The lowest BCUT2D eigenvalue weighted by Gasteiger charge is -2.36. The Labute approximate surface area is 189 Å². The molecule has 0 amide bonds. The minimum absolute atomic E-state index is 0.198. The predicted octanol–water partition coefficient (Wildman–Crippen LogP) is 3.41. The first kappa shape index (κ1) is 22.3. The Morgan fingerprint density at radius 1 is 1.09 bits per heavy atom. The molecule has 0 saturated carbocycles. The molecule has 1 aromatic heterocycles. The van der Waals surface area contributed by atoms with Gasteiger partial charge in [0.25, 0.3) is 0 Å². The number of anilines is 1. The van der Waals surface area contributed by atoms with E-state index in [2.05, 4.69) is 25.2 Å². The van der Waals surface area contributed by atoms with E-state index in [-0.39, 0.29) is 5.56 Å². The molecule has 0 radical (unpaired) electrons. The van der Waals surface area contributed by atoms with Crippen molar-refractivity contribution >= 4 is 23.1 Å². The molecule has 10 heteroatoms. The number of nitrogens with zero attached hydrogens (tertiary/aromatic N) is 6. The van der Waals surface area contributed by atoms with Crippen LogP contribution in [0.15, 0.2) is 42.5 Å². The zero-order valence-electron chi connectivity index (χ0n) is 17.6. The summed E-state index contributed by atoms with van der Waals surface area (Å²) in [7, 11) is 0. The van der Waals surface area contributed by atoms with Gasteiger partial charge in [0.2, 0.25) is 0 Å². The van der Waals surface area contributed by atoms with Crippen molar-refractivity contribution in [1.82, 2.24) is 25.1 Å². The van der Waals surface area contributed by atoms with Gasteiger partial charge in [0, 0.05) is 55.9 Å². The number of piperazine rings is 1. The van der Waals surface area contributed by atoms with E-state index in [4.69, 9.17) is 11.6 Å². The summed E-state index contributed by atoms with van der Waals surface area (Å²) in [5.74, 6) is -1.66. The van der Waals surface area contributed by atoms with Crippen LogP contribution in [0.5, 0.6) is 0 Å². The summed E-state index contributed by atoms with van der Waals surface area (Å²) >= 11 is 5.96. The van der Waals surface area contributed by atoms with Gasteiger partial charge >= 0.3 is 0 Å². The minimum Gasteiger partial charge on any atom is -0.369 e. The summed E-state index contributed by atoms with van der Waals surface area (Å²) in [6.07, 6.45) is 0.590. The van der Waals surface area contributed by atoms with Crippen molar-refractivity contribution in [2.24, 2.45) is 0 Å². The third-order valence-corrected chi connectivity index (χ3v) is 5.86. The number of ketones is 1. The quantitative estimate of drug-likeness (QED) is 0.503. The highest BCUT2D eigenvalue weighted by molar-refractivity contribution is 6.30. The van der Waals surface area contributed by atoms with Gasteiger partial charge in [0.05, 0.1) is 5.56 Å². The average molecular weight is 461 g/mol. The Morgan fingerprint density at radius 2 is 1.81 bits per heavy atom. The first-order valence-corrected chi connectivity index (χ1v) is 10.8. The van der Waals surface area contributed by atoms with Gasteiger partial charge in [0.15, 0.2) is 11.6 Å². The molecule has 1 unspecified atom stereocenters. The molecule has 0 bridgehead atoms. The van der Waals surface area contributed by atoms with Gasteiger partial charge in [-0.25, -0.2) is 8.78 Å². The maximum absolute atomic E-state index is 13.9. The number of halogens is 3. The highest BCUT2D eigenvalue weighted by Crippen LogP contribution is 2.20. The van der Waals surface area contributed by atoms with Crippen molar-refractivity contribution in [2.75, 3.05) is 37.6 Å². The lowest BCUT2D eigenvalue weighted by atomic mass is 10.1. The predicted molar refractivity (Wildman–Crippen MR) is 117 cm³/mol. The van der Waals surface area contributed by atoms with E-state index in [1.54, 1.807) is 6.92 Å². The van der Waals surface area contributed by atoms with Crippen molar-refractivity contribution in [3.8, 4) is 0 Å². The maximum atomic E-state index is 13.9. The first-order valence-electron chi connectivity index (χ1n) is 10.4. The van der Waals surface area contributed by atoms with E-state index < -0.39 is 23.5 Å². The van der Waals surface area contributed by atoms with Gasteiger partial charge < -0.3 is 4.90 Å². The lowest BCUT2D eigenvalue weighted by Crippen LogP contribution is -2.47. The van der Waals surface area contributed by atoms with Crippen molar-refractivity contribution in [1.29, 1.82) is 0 Å². The topological polar surface area (TPSA) is 67.2 Å². The van der Waals surface area contributed by atoms with Crippen molar-refractivity contribution in [2.45, 2.75) is 19.4 Å². The molecule has 1 atom stereocenters. The zero-order valence-corrected chi connectivity index (χ0v) is 18.3. The van der Waals surface area contributed by atoms with E-state index in [9.17, 15) is 13.6 Å². The van der Waals surface area contributed by atoms with Crippen LogP contribution in [0.25, 0.3) is 0 Å². The second-order valence-corrected chi connectivity index (χ2v) is 8.18. The van der Waals surface area contributed by atoms with E-state index in [0.29, 0.717) is 18.3 Å². The summed E-state index contributed by atoms with van der Waals surface area (Å²) in [5, 5.41) is 13.0. The molecule has 1 aliphatic rings. The molecule has 0 aliphatic carbocycles. The zero-order chi connectivity index (χ0) is 22.7. The van der Waals surface area contributed by atoms with Gasteiger partial charge in [0.1, 0.15) is 17.7 Å². The van der Waals surface area contributed by atoms with E-state index in [1.807, 2.05) is 24.3 Å². The Balaban J connectivity index is 1.29. The lowest BCUT2D eigenvalue weighted by molar-refractivity contribution is 0.0913. The second-order valence-electron chi connectivity index (χ2n) is 7.75. The third-order valence-electron chi connectivity index (χ3n) is 5.61. The average Bonchev–Trinajstić information content (AvgIpc) is 3.27. The Bertz CT molecular complexity index is 1080. The van der Waals surface area contributed by atoms with Crippen LogP contribution in [0.2, 0.25) is 5.02 Å². The molecule has 0 N–H and O–H groups in total. The first-order chi connectivity index (χ1) is 15.4. The highest BCUT2D eigenvalue weighted by atomic mass is 35.5. The smallest absolute Gasteiger partial charge is 0.191 e. The van der Waals surface area contributed by atoms with Crippen LogP contribution in [0.3, 0.4) is 0 Å². The molecule has 7 nitrogen and oxygen atoms in total. The van der Waals surface area contributed by atoms with E-state index >= 15 is 0 Å². The number of hydrogen-bond acceptors (Lipinski definition) is 6. The number of carbonyl (C=O) groups excluding carboxylic acids is 1. The highest BCUT2D eigenvalue weighted by Gasteiger charge is 2.23. The fourth-order valence-corrected chi connectivity index (χ4v) is 3.80. The Kier molecular flexibility index (Phi) is 6.76. The number of carbonyl (C=O) groups is 1. The third kappa shape index (κ3) is 5.11. The molecule has 2 aromatic carbocycles. The molecule has 4 rings (SSSR count). The monoisotopic (exact) mass is 460 g/mol. The molecule has 1 aliphatic heterocycles. The summed E-state index contributed by atoms with van der Waals surface area (Å²) in [4.78, 5) is 18.4. The summed E-state index contributed by atoms with van der Waals surface area (Å²) in [6, 6.07) is 9.87. The fraction of sp³-hybridized carbons (Fsp3) is 0.364. The van der Waals surface area contributed by atoms with Crippen molar-refractivity contribution in [3.05, 3.63) is 70.5 Å². The minimum atomic E-state index is -0.903. The number of hydrogen-bond donors (Lipinski definition) is 0. The number of benzene rings is 2. The Morgan fingerprint density at radius 3 is 2.50 bits per heavy atom. The number of Topliss-reactive ketones (excluding diaryl/α,β-unsaturated/α-hetero) is 1. The van der Waals surface area contributed by atoms with Gasteiger partial charge in [-0.1, -0.05) is 11.6 Å². The van der Waals surface area contributed by atoms with Gasteiger partial charge in [-0.2, -0.15) is 4.80 Å². The van der Waals surface area contributed by atoms with Gasteiger partial charge in [-0.05, 0) is 48.5 Å². The molecular weight excluding hydrogens is 438 g/mol. The van der Waals surface area contributed by atoms with Crippen LogP contribution in [-0.4, -0.2) is 63.6 Å². The van der Waals surface area contributed by atoms with Gasteiger partial charge in [-0.15, -0.1) is 10.2 Å². The standard InChI is InChI=1S/C22H23ClF2N6O/c1-15(22(32)19-7-4-17(24)14-20(19)25)31-27-21(26-28-31)8-9-29-10-12-30(13-11-29)18-5-2-16(23)3-6-18/h2-7,14-15H,8-13H2,1H3. The summed E-state index contributed by atoms with van der Waals surface area (Å²) in [6.45, 7) is 5.99. The second kappa shape index (κ2) is 9.70. The van der Waals surface area contributed by atoms with Crippen molar-refractivity contribution in [3.63, 3.8) is 0 Å². The molecule has 1 fully saturated rings. The largest absolute Gasteiger partial charge is 0.369 e. The number of aromatic nitrogens is 4. The molecule has 0 spiro atoms. The van der Waals surface area contributed by atoms with Crippen LogP contribution < -0.4 is 4.90 Å². The molecular formula is C22H23ClF2N6O. The van der Waals surface area contributed by atoms with E-state index in [0.717, 1.165) is 55.6 Å². The van der Waals surface area contributed by atoms with Crippen molar-refractivity contribution < 1.29 is 13.6 Å². The van der Waals surface area contributed by atoms with E-state index in [1.165, 1.54) is 4.80 Å². The van der Waals surface area contributed by atoms with Crippen LogP contribution in [0.4, 0.5) is 14.5 Å². The SMILES string of the molecule is CC(C(=O)c1ccc(F)cc1F)n1nnc(CCN2CCN(c3ccc(Cl)cc3)CC2)n1. The number of rotatable bonds is 7. The molecule has 3 aromatic rings. The molecule has 1 saturated heterocycles. The Hall–Kier alpha value is -2.91. The van der Waals surface area contributed by atoms with Gasteiger partial charge in [-0.3, -0.25) is 9.69 Å². The maximum Gasteiger partial charge on any atom is 0.191 e. The number of tetrazole rings is 1. The summed E-state index contributed by atoms with van der Waals surface area (Å²) in [5.41, 5.74) is 0.964. The normalized spacial score (nSPS) is 15.7. The van der Waals surface area contributed by atoms with Crippen LogP contribution in [-0.2, 0) is 6.42 Å².